The highest BCUT2D eigenvalue weighted by molar-refractivity contribution is 7.99. The van der Waals surface area contributed by atoms with Crippen molar-refractivity contribution in [2.24, 2.45) is 0 Å². The number of amides is 1. The number of carbonyl (C=O) groups is 1. The van der Waals surface area contributed by atoms with Crippen molar-refractivity contribution in [2.45, 2.75) is 5.75 Å². The molecule has 2 rings (SSSR count). The summed E-state index contributed by atoms with van der Waals surface area (Å²) in [5.74, 6) is 1.12. The largest absolute Gasteiger partial charge is 0.399 e. The molecular formula is C15H15ClN2OS. The average Bonchev–Trinajstić information content (AvgIpc) is 2.43. The van der Waals surface area contributed by atoms with Crippen molar-refractivity contribution < 1.29 is 4.79 Å². The summed E-state index contributed by atoms with van der Waals surface area (Å²) in [6, 6.07) is 15.1. The molecule has 0 heterocycles. The van der Waals surface area contributed by atoms with E-state index >= 15 is 0 Å². The molecule has 0 radical (unpaired) electrons. The fraction of sp³-hybridized carbons (Fsp3) is 0.133. The number of nitrogens with one attached hydrogen (secondary N) is 1. The Kier molecular flexibility index (Phi) is 5.32. The van der Waals surface area contributed by atoms with Gasteiger partial charge >= 0.3 is 0 Å². The van der Waals surface area contributed by atoms with Gasteiger partial charge in [-0.2, -0.15) is 0 Å². The lowest BCUT2D eigenvalue weighted by Gasteiger charge is -2.07. The van der Waals surface area contributed by atoms with E-state index in [1.54, 1.807) is 30.0 Å². The summed E-state index contributed by atoms with van der Waals surface area (Å²) in [7, 11) is 0. The molecule has 20 heavy (non-hydrogen) atoms. The topological polar surface area (TPSA) is 55.1 Å². The number of carbonyl (C=O) groups excluding carboxylic acids is 1. The summed E-state index contributed by atoms with van der Waals surface area (Å²) < 4.78 is 0. The quantitative estimate of drug-likeness (QED) is 0.826. The van der Waals surface area contributed by atoms with Crippen molar-refractivity contribution in [2.75, 3.05) is 16.8 Å². The number of thioether (sulfide) groups is 1. The average molecular weight is 307 g/mol. The van der Waals surface area contributed by atoms with Crippen molar-refractivity contribution >= 4 is 40.6 Å². The molecule has 0 aromatic heterocycles. The van der Waals surface area contributed by atoms with Crippen LogP contribution < -0.4 is 11.1 Å². The summed E-state index contributed by atoms with van der Waals surface area (Å²) in [4.78, 5) is 11.8. The van der Waals surface area contributed by atoms with Gasteiger partial charge in [-0.1, -0.05) is 41.9 Å². The van der Waals surface area contributed by atoms with Gasteiger partial charge < -0.3 is 11.1 Å². The number of nitrogens with two attached hydrogens (primary N) is 1. The number of hydrogen-bond donors (Lipinski definition) is 2. The molecule has 104 valence electrons. The second-order valence-electron chi connectivity index (χ2n) is 4.27. The van der Waals surface area contributed by atoms with E-state index in [0.29, 0.717) is 22.2 Å². The number of anilines is 2. The Morgan fingerprint density at radius 2 is 1.95 bits per heavy atom. The van der Waals surface area contributed by atoms with E-state index in [1.165, 1.54) is 5.56 Å². The first-order chi connectivity index (χ1) is 9.65. The first-order valence-electron chi connectivity index (χ1n) is 6.11. The van der Waals surface area contributed by atoms with E-state index in [9.17, 15) is 4.79 Å². The van der Waals surface area contributed by atoms with Crippen LogP contribution in [0, 0.1) is 0 Å². The predicted molar refractivity (Wildman–Crippen MR) is 87.1 cm³/mol. The van der Waals surface area contributed by atoms with Gasteiger partial charge in [0.2, 0.25) is 5.91 Å². The Morgan fingerprint density at radius 1 is 1.20 bits per heavy atom. The van der Waals surface area contributed by atoms with E-state index in [1.807, 2.05) is 30.3 Å². The maximum atomic E-state index is 11.8. The zero-order chi connectivity index (χ0) is 14.4. The van der Waals surface area contributed by atoms with E-state index in [-0.39, 0.29) is 5.91 Å². The molecule has 0 atom stereocenters. The molecule has 3 N–H and O–H groups in total. The van der Waals surface area contributed by atoms with Crippen molar-refractivity contribution in [3.8, 4) is 0 Å². The third-order valence-corrected chi connectivity index (χ3v) is 3.93. The molecule has 0 unspecified atom stereocenters. The second kappa shape index (κ2) is 7.22. The van der Waals surface area contributed by atoms with Gasteiger partial charge in [-0.3, -0.25) is 4.79 Å². The lowest BCUT2D eigenvalue weighted by molar-refractivity contribution is -0.113. The molecule has 0 fully saturated rings. The van der Waals surface area contributed by atoms with Gasteiger partial charge in [-0.05, 0) is 23.8 Å². The zero-order valence-electron chi connectivity index (χ0n) is 10.8. The summed E-state index contributed by atoms with van der Waals surface area (Å²) in [5.41, 5.74) is 7.97. The SMILES string of the molecule is Nc1ccc(NC(=O)CSCc2ccccc2)c(Cl)c1. The van der Waals surface area contributed by atoms with Crippen molar-refractivity contribution in [3.05, 3.63) is 59.1 Å². The van der Waals surface area contributed by atoms with E-state index in [2.05, 4.69) is 5.32 Å². The zero-order valence-corrected chi connectivity index (χ0v) is 12.4. The molecular weight excluding hydrogens is 292 g/mol. The minimum absolute atomic E-state index is 0.0717. The van der Waals surface area contributed by atoms with Crippen LogP contribution in [0.3, 0.4) is 0 Å². The van der Waals surface area contributed by atoms with E-state index in [4.69, 9.17) is 17.3 Å². The molecule has 2 aromatic rings. The summed E-state index contributed by atoms with van der Waals surface area (Å²) in [6.07, 6.45) is 0. The third-order valence-electron chi connectivity index (χ3n) is 2.61. The van der Waals surface area contributed by atoms with Gasteiger partial charge in [0.1, 0.15) is 0 Å². The van der Waals surface area contributed by atoms with Crippen LogP contribution in [0.25, 0.3) is 0 Å². The maximum absolute atomic E-state index is 11.8. The fourth-order valence-corrected chi connectivity index (χ4v) is 2.68. The smallest absolute Gasteiger partial charge is 0.234 e. The van der Waals surface area contributed by atoms with Gasteiger partial charge in [0.05, 0.1) is 16.5 Å². The minimum atomic E-state index is -0.0717. The van der Waals surface area contributed by atoms with Gasteiger partial charge in [0.15, 0.2) is 0 Å². The summed E-state index contributed by atoms with van der Waals surface area (Å²) in [6.45, 7) is 0. The normalized spacial score (nSPS) is 10.2. The molecule has 0 spiro atoms. The molecule has 0 saturated carbocycles. The molecule has 0 saturated heterocycles. The van der Waals surface area contributed by atoms with Gasteiger partial charge in [0.25, 0.3) is 0 Å². The maximum Gasteiger partial charge on any atom is 0.234 e. The van der Waals surface area contributed by atoms with Crippen LogP contribution in [-0.4, -0.2) is 11.7 Å². The Labute approximate surface area is 127 Å². The number of nitrogen functional groups attached to an aromatic ring is 1. The van der Waals surface area contributed by atoms with Crippen LogP contribution in [-0.2, 0) is 10.5 Å². The standard InChI is InChI=1S/C15H15ClN2OS/c16-13-8-12(17)6-7-14(13)18-15(19)10-20-9-11-4-2-1-3-5-11/h1-8H,9-10,17H2,(H,18,19). The first kappa shape index (κ1) is 14.8. The second-order valence-corrected chi connectivity index (χ2v) is 5.66. The van der Waals surface area contributed by atoms with Gasteiger partial charge in [0, 0.05) is 11.4 Å². The monoisotopic (exact) mass is 306 g/mol. The highest BCUT2D eigenvalue weighted by Gasteiger charge is 2.06. The van der Waals surface area contributed by atoms with E-state index < -0.39 is 0 Å². The molecule has 0 aliphatic rings. The van der Waals surface area contributed by atoms with Crippen LogP contribution in [0.1, 0.15) is 5.56 Å². The Hall–Kier alpha value is -1.65. The predicted octanol–water partition coefficient (Wildman–Crippen LogP) is 3.79. The van der Waals surface area contributed by atoms with Crippen molar-refractivity contribution in [3.63, 3.8) is 0 Å². The highest BCUT2D eigenvalue weighted by atomic mass is 35.5. The Morgan fingerprint density at radius 3 is 2.65 bits per heavy atom. The van der Waals surface area contributed by atoms with Crippen LogP contribution in [0.2, 0.25) is 5.02 Å². The molecule has 3 nitrogen and oxygen atoms in total. The van der Waals surface area contributed by atoms with Crippen LogP contribution in [0.15, 0.2) is 48.5 Å². The number of halogens is 1. The van der Waals surface area contributed by atoms with Crippen molar-refractivity contribution in [1.82, 2.24) is 0 Å². The Balaban J connectivity index is 1.81. The number of hydrogen-bond acceptors (Lipinski definition) is 3. The molecule has 0 aliphatic heterocycles. The number of rotatable bonds is 5. The molecule has 0 bridgehead atoms. The Bertz CT molecular complexity index is 590. The van der Waals surface area contributed by atoms with Gasteiger partial charge in [-0.15, -0.1) is 11.8 Å². The lowest BCUT2D eigenvalue weighted by Crippen LogP contribution is -2.14. The van der Waals surface area contributed by atoms with Gasteiger partial charge in [-0.25, -0.2) is 0 Å². The van der Waals surface area contributed by atoms with Crippen molar-refractivity contribution in [1.29, 1.82) is 0 Å². The molecule has 1 amide bonds. The molecule has 0 aliphatic carbocycles. The first-order valence-corrected chi connectivity index (χ1v) is 7.65. The summed E-state index contributed by atoms with van der Waals surface area (Å²) >= 11 is 7.56. The van der Waals surface area contributed by atoms with Crippen LogP contribution >= 0.6 is 23.4 Å². The molecule has 5 heteroatoms. The fourth-order valence-electron chi connectivity index (χ4n) is 1.65. The minimum Gasteiger partial charge on any atom is -0.399 e. The van der Waals surface area contributed by atoms with E-state index in [0.717, 1.165) is 5.75 Å². The lowest BCUT2D eigenvalue weighted by atomic mass is 10.2. The van der Waals surface area contributed by atoms with Crippen LogP contribution in [0.4, 0.5) is 11.4 Å². The number of benzene rings is 2. The van der Waals surface area contributed by atoms with Crippen LogP contribution in [0.5, 0.6) is 0 Å². The highest BCUT2D eigenvalue weighted by Crippen LogP contribution is 2.24. The summed E-state index contributed by atoms with van der Waals surface area (Å²) in [5, 5.41) is 3.23. The molecule has 2 aromatic carbocycles. The third kappa shape index (κ3) is 4.47.